The number of nitriles is 1. The quantitative estimate of drug-likeness (QED) is 0.468. The number of unbranched alkanes of at least 4 members (excludes halogenated alkanes) is 1. The van der Waals surface area contributed by atoms with Gasteiger partial charge in [-0.3, -0.25) is 4.72 Å². The first kappa shape index (κ1) is 20.1. The number of aryl methyl sites for hydroxylation is 1. The summed E-state index contributed by atoms with van der Waals surface area (Å²) in [5, 5.41) is 10.3. The van der Waals surface area contributed by atoms with Gasteiger partial charge in [0, 0.05) is 11.6 Å². The zero-order chi connectivity index (χ0) is 21.3. The molecular formula is C21H18ClN5O2S. The number of hydrogen-bond acceptors (Lipinski definition) is 5. The molecule has 0 aliphatic heterocycles. The third-order valence-electron chi connectivity index (χ3n) is 4.75. The first-order chi connectivity index (χ1) is 14.4. The molecule has 2 aromatic heterocycles. The number of benzene rings is 2. The van der Waals surface area contributed by atoms with Crippen LogP contribution >= 0.6 is 11.6 Å². The van der Waals surface area contributed by atoms with Gasteiger partial charge in [-0.15, -0.1) is 0 Å². The third-order valence-corrected chi connectivity index (χ3v) is 6.36. The number of sulfonamides is 1. The zero-order valence-electron chi connectivity index (χ0n) is 16.1. The van der Waals surface area contributed by atoms with E-state index < -0.39 is 10.0 Å². The molecule has 0 amide bonds. The molecular weight excluding hydrogens is 422 g/mol. The second kappa shape index (κ2) is 7.94. The second-order valence-electron chi connectivity index (χ2n) is 6.78. The molecule has 0 saturated carbocycles. The van der Waals surface area contributed by atoms with Crippen molar-refractivity contribution < 1.29 is 8.42 Å². The fourth-order valence-corrected chi connectivity index (χ4v) is 4.45. The molecule has 0 radical (unpaired) electrons. The molecule has 0 aliphatic carbocycles. The lowest BCUT2D eigenvalue weighted by Crippen LogP contribution is -2.17. The molecule has 0 aliphatic rings. The monoisotopic (exact) mass is 439 g/mol. The van der Waals surface area contributed by atoms with Crippen molar-refractivity contribution in [3.63, 3.8) is 0 Å². The molecule has 0 spiro atoms. The van der Waals surface area contributed by atoms with Crippen molar-refractivity contribution in [1.82, 2.24) is 14.5 Å². The second-order valence-corrected chi connectivity index (χ2v) is 8.90. The highest BCUT2D eigenvalue weighted by atomic mass is 35.5. The highest BCUT2D eigenvalue weighted by molar-refractivity contribution is 7.92. The van der Waals surface area contributed by atoms with Gasteiger partial charge in [-0.1, -0.05) is 37.1 Å². The smallest absolute Gasteiger partial charge is 0.263 e. The van der Waals surface area contributed by atoms with Gasteiger partial charge >= 0.3 is 0 Å². The van der Waals surface area contributed by atoms with E-state index in [0.29, 0.717) is 33.8 Å². The Hall–Kier alpha value is -3.15. The molecule has 7 nitrogen and oxygen atoms in total. The van der Waals surface area contributed by atoms with E-state index in [2.05, 4.69) is 20.8 Å². The first-order valence-corrected chi connectivity index (χ1v) is 11.3. The van der Waals surface area contributed by atoms with Crippen molar-refractivity contribution in [3.05, 3.63) is 59.1 Å². The van der Waals surface area contributed by atoms with Gasteiger partial charge in [-0.2, -0.15) is 5.26 Å². The summed E-state index contributed by atoms with van der Waals surface area (Å²) in [6, 6.07) is 15.3. The van der Waals surface area contributed by atoms with E-state index in [1.807, 2.05) is 31.2 Å². The standard InChI is InChI=1S/C21H18ClN5O2S/c1-2-3-12-27-20(26-30(28,29)15-10-8-14(22)9-11-15)16(13-23)19-21(27)25-18-7-5-4-6-17(18)24-19/h4-11,26H,2-3,12H2,1H3. The third kappa shape index (κ3) is 3.58. The Morgan fingerprint density at radius 2 is 1.77 bits per heavy atom. The van der Waals surface area contributed by atoms with Crippen LogP contribution in [0, 0.1) is 11.3 Å². The van der Waals surface area contributed by atoms with Crippen molar-refractivity contribution in [2.24, 2.45) is 0 Å². The average molecular weight is 440 g/mol. The van der Waals surface area contributed by atoms with Gasteiger partial charge < -0.3 is 4.57 Å². The summed E-state index contributed by atoms with van der Waals surface area (Å²) in [4.78, 5) is 9.32. The van der Waals surface area contributed by atoms with Crippen LogP contribution in [0.1, 0.15) is 25.3 Å². The van der Waals surface area contributed by atoms with Crippen LogP contribution in [0.2, 0.25) is 5.02 Å². The normalized spacial score (nSPS) is 11.6. The number of fused-ring (bicyclic) bond motifs is 2. The highest BCUT2D eigenvalue weighted by Crippen LogP contribution is 2.31. The van der Waals surface area contributed by atoms with Gasteiger partial charge in [0.2, 0.25) is 0 Å². The van der Waals surface area contributed by atoms with Crippen LogP contribution in [0.3, 0.4) is 0 Å². The summed E-state index contributed by atoms with van der Waals surface area (Å²) in [6.45, 7) is 2.54. The fourth-order valence-electron chi connectivity index (χ4n) is 3.25. The van der Waals surface area contributed by atoms with E-state index in [1.165, 1.54) is 24.3 Å². The minimum Gasteiger partial charge on any atom is -0.309 e. The number of aromatic nitrogens is 3. The first-order valence-electron chi connectivity index (χ1n) is 9.42. The summed E-state index contributed by atoms with van der Waals surface area (Å²) >= 11 is 5.88. The minimum atomic E-state index is -3.94. The highest BCUT2D eigenvalue weighted by Gasteiger charge is 2.25. The van der Waals surface area contributed by atoms with E-state index in [9.17, 15) is 13.7 Å². The van der Waals surface area contributed by atoms with Crippen LogP contribution in [0.25, 0.3) is 22.2 Å². The Balaban J connectivity index is 1.94. The molecule has 1 N–H and O–H groups in total. The van der Waals surface area contributed by atoms with Crippen LogP contribution in [-0.2, 0) is 16.6 Å². The largest absolute Gasteiger partial charge is 0.309 e. The average Bonchev–Trinajstić information content (AvgIpc) is 3.01. The van der Waals surface area contributed by atoms with Crippen molar-refractivity contribution in [2.75, 3.05) is 4.72 Å². The molecule has 0 fully saturated rings. The summed E-state index contributed by atoms with van der Waals surface area (Å²) in [5.41, 5.74) is 2.32. The number of nitrogens with one attached hydrogen (secondary N) is 1. The number of rotatable bonds is 6. The lowest BCUT2D eigenvalue weighted by molar-refractivity contribution is 0.599. The van der Waals surface area contributed by atoms with Crippen LogP contribution in [0.15, 0.2) is 53.4 Å². The topological polar surface area (TPSA) is 101 Å². The molecule has 0 bridgehead atoms. The molecule has 152 valence electrons. The molecule has 9 heteroatoms. The Kier molecular flexibility index (Phi) is 5.33. The van der Waals surface area contributed by atoms with Crippen LogP contribution < -0.4 is 4.72 Å². The number of halogens is 1. The molecule has 2 heterocycles. The minimum absolute atomic E-state index is 0.0502. The van der Waals surface area contributed by atoms with Crippen LogP contribution in [-0.4, -0.2) is 23.0 Å². The predicted octanol–water partition coefficient (Wildman–Crippen LogP) is 4.71. The van der Waals surface area contributed by atoms with Crippen molar-refractivity contribution in [1.29, 1.82) is 5.26 Å². The van der Waals surface area contributed by atoms with Crippen molar-refractivity contribution >= 4 is 49.6 Å². The lowest BCUT2D eigenvalue weighted by Gasteiger charge is -2.12. The van der Waals surface area contributed by atoms with Gasteiger partial charge in [0.1, 0.15) is 23.0 Å². The van der Waals surface area contributed by atoms with Gasteiger partial charge in [0.15, 0.2) is 5.65 Å². The van der Waals surface area contributed by atoms with Gasteiger partial charge in [0.25, 0.3) is 10.0 Å². The zero-order valence-corrected chi connectivity index (χ0v) is 17.7. The maximum absolute atomic E-state index is 13.0. The Labute approximate surface area is 179 Å². The molecule has 0 saturated heterocycles. The molecule has 0 unspecified atom stereocenters. The molecule has 2 aromatic carbocycles. The number of nitrogens with zero attached hydrogens (tertiary/aromatic N) is 4. The van der Waals surface area contributed by atoms with E-state index >= 15 is 0 Å². The van der Waals surface area contributed by atoms with Gasteiger partial charge in [0.05, 0.1) is 15.9 Å². The Bertz CT molecular complexity index is 1390. The maximum Gasteiger partial charge on any atom is 0.263 e. The Morgan fingerprint density at radius 3 is 2.40 bits per heavy atom. The van der Waals surface area contributed by atoms with Crippen LogP contribution in [0.4, 0.5) is 5.82 Å². The number of hydrogen-bond donors (Lipinski definition) is 1. The summed E-state index contributed by atoms with van der Waals surface area (Å²) in [5.74, 6) is 0.172. The number of anilines is 1. The lowest BCUT2D eigenvalue weighted by atomic mass is 10.2. The molecule has 0 atom stereocenters. The summed E-state index contributed by atoms with van der Waals surface area (Å²) < 4.78 is 30.3. The van der Waals surface area contributed by atoms with E-state index in [1.54, 1.807) is 4.57 Å². The van der Waals surface area contributed by atoms with E-state index in [4.69, 9.17) is 11.6 Å². The van der Waals surface area contributed by atoms with Crippen LogP contribution in [0.5, 0.6) is 0 Å². The summed E-state index contributed by atoms with van der Waals surface area (Å²) in [6.07, 6.45) is 1.69. The Morgan fingerprint density at radius 1 is 1.10 bits per heavy atom. The fraction of sp³-hybridized carbons (Fsp3) is 0.190. The maximum atomic E-state index is 13.0. The van der Waals surface area contributed by atoms with Gasteiger partial charge in [-0.05, 0) is 42.8 Å². The summed E-state index contributed by atoms with van der Waals surface area (Å²) in [7, 11) is -3.94. The SMILES string of the molecule is CCCCn1c(NS(=O)(=O)c2ccc(Cl)cc2)c(C#N)c2nc3ccccc3nc21. The molecule has 4 aromatic rings. The van der Waals surface area contributed by atoms with Crippen molar-refractivity contribution in [2.45, 2.75) is 31.2 Å². The molecule has 30 heavy (non-hydrogen) atoms. The van der Waals surface area contributed by atoms with Crippen molar-refractivity contribution in [3.8, 4) is 6.07 Å². The molecule has 4 rings (SSSR count). The number of para-hydroxylation sites is 2. The van der Waals surface area contributed by atoms with Gasteiger partial charge in [-0.25, -0.2) is 18.4 Å². The van der Waals surface area contributed by atoms with E-state index in [0.717, 1.165) is 12.8 Å². The van der Waals surface area contributed by atoms with E-state index in [-0.39, 0.29) is 16.3 Å². The predicted molar refractivity (Wildman–Crippen MR) is 117 cm³/mol.